The lowest BCUT2D eigenvalue weighted by Crippen LogP contribution is -2.59. The molecule has 0 spiro atoms. The van der Waals surface area contributed by atoms with Crippen LogP contribution in [-0.4, -0.2) is 38.8 Å². The van der Waals surface area contributed by atoms with Crippen LogP contribution in [0.4, 0.5) is 61.5 Å². The van der Waals surface area contributed by atoms with Gasteiger partial charge in [-0.15, -0.1) is 0 Å². The Morgan fingerprint density at radius 2 is 1.33 bits per heavy atom. The Morgan fingerprint density at radius 1 is 0.810 bits per heavy atom. The summed E-state index contributed by atoms with van der Waals surface area (Å²) in [7, 11) is 0. The van der Waals surface area contributed by atoms with Crippen LogP contribution in [0.5, 0.6) is 0 Å². The molecule has 16 heteroatoms. The van der Waals surface area contributed by atoms with Crippen LogP contribution in [-0.2, 0) is 5.67 Å². The normalized spacial score (nSPS) is 14.2. The Labute approximate surface area is 231 Å². The lowest BCUT2D eigenvalue weighted by molar-refractivity contribution is -0.389. The summed E-state index contributed by atoms with van der Waals surface area (Å²) in [4.78, 5) is 20.7. The molecule has 0 radical (unpaired) electrons. The van der Waals surface area contributed by atoms with Crippen molar-refractivity contribution in [2.45, 2.75) is 43.8 Å². The number of nitrogens with one attached hydrogen (secondary N) is 2. The molecule has 4 aromatic rings. The van der Waals surface area contributed by atoms with Crippen LogP contribution in [0.15, 0.2) is 61.1 Å². The first-order valence-corrected chi connectivity index (χ1v) is 12.0. The topological polar surface area (TPSA) is 97.9 Å². The molecular formula is C26H21F9N6O. The van der Waals surface area contributed by atoms with E-state index < -0.39 is 35.5 Å². The van der Waals surface area contributed by atoms with Gasteiger partial charge in [-0.05, 0) is 43.7 Å². The lowest BCUT2D eigenvalue weighted by Gasteiger charge is -2.36. The minimum absolute atomic E-state index is 0.0603. The van der Waals surface area contributed by atoms with Gasteiger partial charge in [0.25, 0.3) is 0 Å². The zero-order valence-electron chi connectivity index (χ0n) is 21.6. The summed E-state index contributed by atoms with van der Waals surface area (Å²) in [6.45, 7) is 3.92. The Hall–Kier alpha value is -4.50. The molecule has 1 unspecified atom stereocenters. The van der Waals surface area contributed by atoms with Gasteiger partial charge in [0, 0.05) is 34.7 Å². The van der Waals surface area contributed by atoms with Crippen molar-refractivity contribution in [3.63, 3.8) is 0 Å². The van der Waals surface area contributed by atoms with Gasteiger partial charge in [-0.25, -0.2) is 19.2 Å². The van der Waals surface area contributed by atoms with E-state index in [2.05, 4.69) is 20.6 Å². The summed E-state index contributed by atoms with van der Waals surface area (Å²) in [6.07, 6.45) is -10.3. The molecule has 4 N–H and O–H groups in total. The molecule has 7 nitrogen and oxygen atoms in total. The first kappa shape index (κ1) is 30.5. The number of hydrogen-bond donors (Lipinski definition) is 3. The maximum atomic E-state index is 14.6. The molecule has 0 saturated heterocycles. The van der Waals surface area contributed by atoms with E-state index >= 15 is 0 Å². The van der Waals surface area contributed by atoms with Gasteiger partial charge in [0.05, 0.1) is 5.39 Å². The molecule has 2 aromatic carbocycles. The van der Waals surface area contributed by atoms with Crippen LogP contribution in [0, 0.1) is 0 Å². The summed E-state index contributed by atoms with van der Waals surface area (Å²) in [5, 5.41) is 5.23. The molecule has 4 rings (SSSR count). The molecule has 0 fully saturated rings. The number of amides is 2. The van der Waals surface area contributed by atoms with E-state index in [4.69, 9.17) is 5.73 Å². The van der Waals surface area contributed by atoms with Crippen LogP contribution in [0.3, 0.4) is 0 Å². The Kier molecular flexibility index (Phi) is 7.54. The summed E-state index contributed by atoms with van der Waals surface area (Å²) in [5.41, 5.74) is 0.0166. The zero-order valence-corrected chi connectivity index (χ0v) is 21.6. The third-order valence-electron chi connectivity index (χ3n) is 6.37. The number of rotatable bonds is 6. The van der Waals surface area contributed by atoms with Gasteiger partial charge in [0.15, 0.2) is 0 Å². The summed E-state index contributed by atoms with van der Waals surface area (Å²) in [5.74, 6) is -6.52. The summed E-state index contributed by atoms with van der Waals surface area (Å²) < 4.78 is 121. The molecule has 224 valence electrons. The van der Waals surface area contributed by atoms with Crippen LogP contribution in [0.1, 0.15) is 25.5 Å². The third-order valence-corrected chi connectivity index (χ3v) is 6.37. The van der Waals surface area contributed by atoms with Crippen LogP contribution in [0.2, 0.25) is 0 Å². The van der Waals surface area contributed by atoms with Crippen molar-refractivity contribution in [1.29, 1.82) is 0 Å². The highest BCUT2D eigenvalue weighted by Gasteiger charge is 2.81. The van der Waals surface area contributed by atoms with Crippen LogP contribution >= 0.6 is 0 Å². The molecule has 2 amide bonds. The number of aromatic nitrogens is 3. The number of alkyl halides is 9. The molecule has 2 aromatic heterocycles. The van der Waals surface area contributed by atoms with Crippen LogP contribution in [0.25, 0.3) is 22.2 Å². The van der Waals surface area contributed by atoms with Gasteiger partial charge >= 0.3 is 30.0 Å². The van der Waals surface area contributed by atoms with E-state index in [1.807, 2.05) is 24.6 Å². The smallest absolute Gasteiger partial charge is 0.383 e. The number of nitrogens with zero attached hydrogens (tertiary/aromatic N) is 3. The number of urea groups is 1. The van der Waals surface area contributed by atoms with Crippen molar-refractivity contribution < 1.29 is 44.3 Å². The quantitative estimate of drug-likeness (QED) is 0.196. The molecule has 2 heterocycles. The minimum Gasteiger partial charge on any atom is -0.383 e. The van der Waals surface area contributed by atoms with Crippen molar-refractivity contribution in [3.8, 4) is 11.1 Å². The van der Waals surface area contributed by atoms with Gasteiger partial charge in [-0.1, -0.05) is 24.3 Å². The number of nitrogens with two attached hydrogens (primary N) is 1. The number of halogens is 9. The van der Waals surface area contributed by atoms with Crippen molar-refractivity contribution in [2.24, 2.45) is 0 Å². The molecule has 0 saturated carbocycles. The maximum absolute atomic E-state index is 14.6. The largest absolute Gasteiger partial charge is 0.457 e. The average Bonchev–Trinajstić information content (AvgIpc) is 3.29. The molecular weight excluding hydrogens is 583 g/mol. The number of benzene rings is 2. The minimum atomic E-state index is -6.84. The molecule has 42 heavy (non-hydrogen) atoms. The zero-order chi connectivity index (χ0) is 31.3. The predicted octanol–water partition coefficient (Wildman–Crippen LogP) is 7.83. The van der Waals surface area contributed by atoms with Gasteiger partial charge in [0.2, 0.25) is 0 Å². The van der Waals surface area contributed by atoms with Gasteiger partial charge < -0.3 is 20.9 Å². The highest BCUT2D eigenvalue weighted by Crippen LogP contribution is 2.58. The fraction of sp³-hybridized carbons (Fsp3) is 0.269. The predicted molar refractivity (Wildman–Crippen MR) is 137 cm³/mol. The third kappa shape index (κ3) is 5.16. The van der Waals surface area contributed by atoms with E-state index in [-0.39, 0.29) is 35.4 Å². The van der Waals surface area contributed by atoms with E-state index in [0.29, 0.717) is 28.7 Å². The lowest BCUT2D eigenvalue weighted by atomic mass is 9.87. The summed E-state index contributed by atoms with van der Waals surface area (Å²) in [6, 6.07) is 6.78. The fourth-order valence-corrected chi connectivity index (χ4v) is 4.25. The second-order valence-corrected chi connectivity index (χ2v) is 9.46. The number of fused-ring (bicyclic) bond motifs is 1. The van der Waals surface area contributed by atoms with Gasteiger partial charge in [-0.3, -0.25) is 0 Å². The average molecular weight is 604 g/mol. The molecule has 0 aliphatic carbocycles. The van der Waals surface area contributed by atoms with Crippen molar-refractivity contribution >= 4 is 34.3 Å². The SMILES string of the molecule is CC(C)n1cc(-c2ccc(NC(=O)Nc3ccc(C(F)(C(F)(F)F)C(F)(F)C(F)(F)F)cc3)cc2)c2c(N)ncnc21. The Bertz CT molecular complexity index is 1600. The molecule has 1 atom stereocenters. The van der Waals surface area contributed by atoms with Crippen molar-refractivity contribution in [1.82, 2.24) is 14.5 Å². The van der Waals surface area contributed by atoms with E-state index in [1.165, 1.54) is 18.5 Å². The Balaban J connectivity index is 1.51. The van der Waals surface area contributed by atoms with E-state index in [0.717, 1.165) is 5.56 Å². The first-order chi connectivity index (χ1) is 19.4. The van der Waals surface area contributed by atoms with E-state index in [1.54, 1.807) is 12.1 Å². The maximum Gasteiger partial charge on any atom is 0.457 e. The molecule has 0 aliphatic rings. The molecule has 0 aliphatic heterocycles. The number of hydrogen-bond acceptors (Lipinski definition) is 4. The highest BCUT2D eigenvalue weighted by molar-refractivity contribution is 6.02. The van der Waals surface area contributed by atoms with Crippen molar-refractivity contribution in [2.75, 3.05) is 16.4 Å². The second kappa shape index (κ2) is 10.4. The van der Waals surface area contributed by atoms with Gasteiger partial charge in [-0.2, -0.15) is 35.1 Å². The van der Waals surface area contributed by atoms with Crippen LogP contribution < -0.4 is 16.4 Å². The number of carbonyl (C=O) groups excluding carboxylic acids is 1. The fourth-order valence-electron chi connectivity index (χ4n) is 4.25. The number of nitrogen functional groups attached to an aromatic ring is 1. The summed E-state index contributed by atoms with van der Waals surface area (Å²) >= 11 is 0. The first-order valence-electron chi connectivity index (χ1n) is 12.0. The Morgan fingerprint density at radius 3 is 1.81 bits per heavy atom. The van der Waals surface area contributed by atoms with E-state index in [9.17, 15) is 44.3 Å². The second-order valence-electron chi connectivity index (χ2n) is 9.46. The number of anilines is 3. The monoisotopic (exact) mass is 604 g/mol. The standard InChI is InChI=1S/C26H21F9N6O/c1-13(2)41-11-18(19-20(36)37-12-38-21(19)41)14-3-7-16(8-4-14)39-22(42)40-17-9-5-15(6-10-17)23(27,25(30,31)32)24(28,29)26(33,34)35/h3-13H,1-2H3,(H2,36,37,38)(H2,39,40,42). The highest BCUT2D eigenvalue weighted by atomic mass is 19.4. The van der Waals surface area contributed by atoms with Gasteiger partial charge in [0.1, 0.15) is 17.8 Å². The number of carbonyl (C=O) groups is 1. The molecule has 0 bridgehead atoms. The van der Waals surface area contributed by atoms with Crippen molar-refractivity contribution in [3.05, 3.63) is 66.6 Å².